The third kappa shape index (κ3) is 25.1. The number of unbranched alkanes of at least 4 members (excludes halogenated alkanes) is 20. The van der Waals surface area contributed by atoms with Crippen LogP contribution in [0.4, 0.5) is 0 Å². The second kappa shape index (κ2) is 40.8. The topological polar surface area (TPSA) is 195 Å². The van der Waals surface area contributed by atoms with Crippen LogP contribution < -0.4 is 9.47 Å². The lowest BCUT2D eigenvalue weighted by Gasteiger charge is -2.14. The number of phenols is 2. The monoisotopic (exact) mass is 1310 g/mol. The molecule has 0 aliphatic heterocycles. The van der Waals surface area contributed by atoms with E-state index in [1.165, 1.54) is 128 Å². The molecule has 6 aromatic carbocycles. The molecule has 0 saturated carbocycles. The highest BCUT2D eigenvalue weighted by molar-refractivity contribution is 5.74. The molecular weight excluding hydrogens is 1200 g/mol. The van der Waals surface area contributed by atoms with Gasteiger partial charge in [-0.05, 0) is 115 Å². The van der Waals surface area contributed by atoms with Crippen LogP contribution in [0.25, 0.3) is 68.3 Å². The molecule has 2 heterocycles. The van der Waals surface area contributed by atoms with Gasteiger partial charge in [-0.25, -0.2) is 29.9 Å². The van der Waals surface area contributed by atoms with Crippen LogP contribution >= 0.6 is 0 Å². The van der Waals surface area contributed by atoms with Crippen LogP contribution in [0.15, 0.2) is 109 Å². The second-order valence-corrected chi connectivity index (χ2v) is 26.4. The summed E-state index contributed by atoms with van der Waals surface area (Å²) in [5, 5.41) is 43.0. The van der Waals surface area contributed by atoms with Crippen LogP contribution in [-0.2, 0) is 9.47 Å². The Morgan fingerprint density at radius 2 is 0.531 bits per heavy atom. The van der Waals surface area contributed by atoms with Gasteiger partial charge in [0.25, 0.3) is 0 Å². The Hall–Kier alpha value is -7.62. The van der Waals surface area contributed by atoms with Gasteiger partial charge in [0.05, 0.1) is 24.3 Å². The Kier molecular flexibility index (Phi) is 32.2. The standard InChI is InChI=1S/C42H57N3O4.C40H53N3O4/c1-6-7-8-9-10-11-12-13-14-15-16-17-24-48-28-34(46)29-49-35-20-23-38(39(47)27-35)42-44-40(36-21-18-30(2)25-32(36)4)43-41(45-42)37-22-19-31(3)26-33(37)5;1-6-7-8-9-10-11-12-13-14-15-22-46-26-32(44)27-47-33-18-21-36(37(45)25-33)40-42-38(34-19-16-28(2)23-30(34)4)41-39(43-40)35-20-17-29(3)24-31(35)5/h18-23,25-27,34,46-47H,6-17,24,28-29H2,1-5H3;16-21,23-25,32,44-45H,6-15,22,26-27H2,1-5H3. The molecule has 0 aliphatic rings. The molecule has 0 bridgehead atoms. The third-order valence-electron chi connectivity index (χ3n) is 17.5. The molecule has 2 unspecified atom stereocenters. The van der Waals surface area contributed by atoms with Crippen LogP contribution in [0.2, 0.25) is 0 Å². The largest absolute Gasteiger partial charge is 0.507 e. The van der Waals surface area contributed by atoms with Crippen molar-refractivity contribution in [3.8, 4) is 91.3 Å². The molecule has 516 valence electrons. The summed E-state index contributed by atoms with van der Waals surface area (Å²) in [7, 11) is 0. The predicted molar refractivity (Wildman–Crippen MR) is 391 cm³/mol. The molecule has 2 aromatic heterocycles. The number of benzene rings is 6. The maximum Gasteiger partial charge on any atom is 0.167 e. The first-order valence-electron chi connectivity index (χ1n) is 35.8. The van der Waals surface area contributed by atoms with Crippen molar-refractivity contribution in [3.05, 3.63) is 154 Å². The minimum atomic E-state index is -0.761. The molecule has 0 fully saturated rings. The fourth-order valence-corrected chi connectivity index (χ4v) is 12.0. The average molecular weight is 1310 g/mol. The van der Waals surface area contributed by atoms with Gasteiger partial charge in [0, 0.05) is 47.6 Å². The number of ether oxygens (including phenoxy) is 4. The van der Waals surface area contributed by atoms with Gasteiger partial charge in [-0.3, -0.25) is 0 Å². The molecule has 0 amide bonds. The Morgan fingerprint density at radius 1 is 0.292 bits per heavy atom. The van der Waals surface area contributed by atoms with Crippen molar-refractivity contribution < 1.29 is 39.4 Å². The number of hydrogen-bond donors (Lipinski definition) is 4. The summed E-state index contributed by atoms with van der Waals surface area (Å²) in [4.78, 5) is 29.0. The number of hydrogen-bond acceptors (Lipinski definition) is 14. The number of phenolic OH excluding ortho intramolecular Hbond substituents is 2. The van der Waals surface area contributed by atoms with Crippen molar-refractivity contribution in [2.75, 3.05) is 39.6 Å². The Bertz CT molecular complexity index is 3510. The number of aryl methyl sites for hydroxylation is 8. The zero-order valence-corrected chi connectivity index (χ0v) is 59.5. The Labute approximate surface area is 573 Å². The van der Waals surface area contributed by atoms with Gasteiger partial charge in [0.15, 0.2) is 34.9 Å². The third-order valence-corrected chi connectivity index (χ3v) is 17.5. The SMILES string of the molecule is CCCCCCCCCCCCCCOCC(O)COc1ccc(-c2nc(-c3ccc(C)cc3C)nc(-c3ccc(C)cc3C)n2)c(O)c1.CCCCCCCCCCCCOCC(O)COc1ccc(-c2nc(-c3ccc(C)cc3C)nc(-c3ccc(C)cc3C)n2)c(O)c1. The van der Waals surface area contributed by atoms with Crippen molar-refractivity contribution in [1.29, 1.82) is 0 Å². The Balaban J connectivity index is 0.000000271. The molecule has 0 saturated heterocycles. The number of aliphatic hydroxyl groups excluding tert-OH is 2. The summed E-state index contributed by atoms with van der Waals surface area (Å²) in [6, 6.07) is 34.8. The molecule has 14 heteroatoms. The number of aromatic hydroxyl groups is 2. The van der Waals surface area contributed by atoms with E-state index in [0.717, 1.165) is 92.4 Å². The average Bonchev–Trinajstić information content (AvgIpc) is 0.833. The van der Waals surface area contributed by atoms with Crippen molar-refractivity contribution in [2.45, 2.75) is 223 Å². The molecule has 4 N–H and O–H groups in total. The minimum Gasteiger partial charge on any atom is -0.507 e. The number of aromatic nitrogens is 6. The lowest BCUT2D eigenvalue weighted by atomic mass is 10.0. The molecule has 0 spiro atoms. The lowest BCUT2D eigenvalue weighted by molar-refractivity contribution is 0.0109. The van der Waals surface area contributed by atoms with E-state index >= 15 is 0 Å². The highest BCUT2D eigenvalue weighted by Crippen LogP contribution is 2.37. The second-order valence-electron chi connectivity index (χ2n) is 26.4. The highest BCUT2D eigenvalue weighted by atomic mass is 16.5. The van der Waals surface area contributed by atoms with Gasteiger partial charge in [-0.1, -0.05) is 237 Å². The molecule has 96 heavy (non-hydrogen) atoms. The van der Waals surface area contributed by atoms with Crippen LogP contribution in [0, 0.1) is 55.4 Å². The molecule has 8 rings (SSSR count). The summed E-state index contributed by atoms with van der Waals surface area (Å²) >= 11 is 0. The predicted octanol–water partition coefficient (Wildman–Crippen LogP) is 19.8. The van der Waals surface area contributed by atoms with Gasteiger partial charge in [-0.2, -0.15) is 0 Å². The molecule has 14 nitrogen and oxygen atoms in total. The normalized spacial score (nSPS) is 12.0. The highest BCUT2D eigenvalue weighted by Gasteiger charge is 2.21. The van der Waals surface area contributed by atoms with E-state index in [1.54, 1.807) is 24.3 Å². The maximum absolute atomic E-state index is 11.1. The lowest BCUT2D eigenvalue weighted by Crippen LogP contribution is -2.23. The molecule has 0 radical (unpaired) electrons. The van der Waals surface area contributed by atoms with E-state index in [-0.39, 0.29) is 37.9 Å². The fraction of sp³-hybridized carbons (Fsp3) is 0.488. The first-order chi connectivity index (χ1) is 46.5. The first-order valence-corrected chi connectivity index (χ1v) is 35.8. The number of aliphatic hydroxyl groups is 2. The summed E-state index contributed by atoms with van der Waals surface area (Å²) in [5.41, 5.74) is 13.5. The molecule has 8 aromatic rings. The van der Waals surface area contributed by atoms with Crippen molar-refractivity contribution in [3.63, 3.8) is 0 Å². The molecule has 2 atom stereocenters. The molecule has 0 aliphatic carbocycles. The van der Waals surface area contributed by atoms with Crippen molar-refractivity contribution in [2.24, 2.45) is 0 Å². The smallest absolute Gasteiger partial charge is 0.167 e. The summed E-state index contributed by atoms with van der Waals surface area (Å²) in [6.45, 7) is 22.8. The van der Waals surface area contributed by atoms with Crippen LogP contribution in [0.5, 0.6) is 23.0 Å². The summed E-state index contributed by atoms with van der Waals surface area (Å²) < 4.78 is 23.0. The maximum atomic E-state index is 11.1. The fourth-order valence-electron chi connectivity index (χ4n) is 12.0. The first kappa shape index (κ1) is 75.8. The van der Waals surface area contributed by atoms with E-state index in [4.69, 9.17) is 48.9 Å². The van der Waals surface area contributed by atoms with Gasteiger partial charge < -0.3 is 39.4 Å². The van der Waals surface area contributed by atoms with E-state index in [0.29, 0.717) is 70.8 Å². The van der Waals surface area contributed by atoms with Crippen LogP contribution in [-0.4, -0.2) is 102 Å². The van der Waals surface area contributed by atoms with Gasteiger partial charge in [0.2, 0.25) is 0 Å². The van der Waals surface area contributed by atoms with Gasteiger partial charge in [-0.15, -0.1) is 0 Å². The van der Waals surface area contributed by atoms with E-state index in [9.17, 15) is 20.4 Å². The van der Waals surface area contributed by atoms with Gasteiger partial charge >= 0.3 is 0 Å². The number of rotatable bonds is 40. The molecular formula is C82H110N6O8. The minimum absolute atomic E-state index is 0.0143. The Morgan fingerprint density at radius 3 is 0.781 bits per heavy atom. The van der Waals surface area contributed by atoms with Crippen LogP contribution in [0.3, 0.4) is 0 Å². The number of nitrogens with zero attached hydrogens (tertiary/aromatic N) is 6. The van der Waals surface area contributed by atoms with Crippen molar-refractivity contribution in [1.82, 2.24) is 29.9 Å². The van der Waals surface area contributed by atoms with E-state index in [1.807, 2.05) is 76.2 Å². The summed E-state index contributed by atoms with van der Waals surface area (Å²) in [6.07, 6.45) is 26.9. The van der Waals surface area contributed by atoms with Crippen LogP contribution in [0.1, 0.15) is 200 Å². The van der Waals surface area contributed by atoms with Crippen molar-refractivity contribution >= 4 is 0 Å². The van der Waals surface area contributed by atoms with E-state index in [2.05, 4.69) is 65.8 Å². The zero-order chi connectivity index (χ0) is 68.6. The van der Waals surface area contributed by atoms with E-state index < -0.39 is 12.2 Å². The summed E-state index contributed by atoms with van der Waals surface area (Å²) in [5.74, 6) is 3.78. The quantitative estimate of drug-likeness (QED) is 0.0265. The zero-order valence-electron chi connectivity index (χ0n) is 59.5. The van der Waals surface area contributed by atoms with Gasteiger partial charge in [0.1, 0.15) is 48.4 Å².